The van der Waals surface area contributed by atoms with Crippen molar-refractivity contribution >= 4 is 15.9 Å². The van der Waals surface area contributed by atoms with Crippen LogP contribution in [0, 0.1) is 12.8 Å². The first kappa shape index (κ1) is 11.2. The summed E-state index contributed by atoms with van der Waals surface area (Å²) in [4.78, 5) is 0. The molecule has 1 unspecified atom stereocenters. The zero-order valence-electron chi connectivity index (χ0n) is 9.39. The Morgan fingerprint density at radius 1 is 1.40 bits per heavy atom. The summed E-state index contributed by atoms with van der Waals surface area (Å²) in [6, 6.07) is 7.24. The Morgan fingerprint density at radius 3 is 2.60 bits per heavy atom. The Bertz CT molecular complexity index is 344. The minimum atomic E-state index is 0.547. The van der Waals surface area contributed by atoms with Gasteiger partial charge in [0.05, 0.1) is 0 Å². The van der Waals surface area contributed by atoms with Gasteiger partial charge in [-0.2, -0.15) is 0 Å². The lowest BCUT2D eigenvalue weighted by Crippen LogP contribution is -2.29. The van der Waals surface area contributed by atoms with Gasteiger partial charge in [0.15, 0.2) is 0 Å². The zero-order chi connectivity index (χ0) is 10.8. The van der Waals surface area contributed by atoms with Crippen LogP contribution >= 0.6 is 15.9 Å². The molecule has 2 heteroatoms. The van der Waals surface area contributed by atoms with Crippen molar-refractivity contribution in [2.45, 2.75) is 32.2 Å². The van der Waals surface area contributed by atoms with Gasteiger partial charge in [0.2, 0.25) is 0 Å². The number of hydrogen-bond acceptors (Lipinski definition) is 1. The lowest BCUT2D eigenvalue weighted by atomic mass is 9.77. The molecule has 0 aromatic heterocycles. The molecule has 1 nitrogen and oxygen atoms in total. The Hall–Kier alpha value is -0.340. The minimum Gasteiger partial charge on any atom is -0.313 e. The molecule has 0 radical (unpaired) electrons. The maximum atomic E-state index is 3.55. The topological polar surface area (TPSA) is 12.0 Å². The van der Waals surface area contributed by atoms with Crippen LogP contribution in [-0.4, -0.2) is 7.05 Å². The molecule has 1 aromatic rings. The Labute approximate surface area is 100 Å². The highest BCUT2D eigenvalue weighted by Gasteiger charge is 2.27. The van der Waals surface area contributed by atoms with Crippen molar-refractivity contribution in [1.29, 1.82) is 0 Å². The highest BCUT2D eigenvalue weighted by Crippen LogP contribution is 2.38. The third-order valence-electron chi connectivity index (χ3n) is 3.47. The van der Waals surface area contributed by atoms with Crippen LogP contribution in [-0.2, 0) is 0 Å². The molecular formula is C13H18BrN. The quantitative estimate of drug-likeness (QED) is 0.878. The van der Waals surface area contributed by atoms with E-state index in [0.717, 1.165) is 5.92 Å². The monoisotopic (exact) mass is 267 g/mol. The highest BCUT2D eigenvalue weighted by molar-refractivity contribution is 9.10. The van der Waals surface area contributed by atoms with Crippen LogP contribution in [0.2, 0.25) is 0 Å². The lowest BCUT2D eigenvalue weighted by Gasteiger charge is -2.34. The fourth-order valence-corrected chi connectivity index (χ4v) is 2.56. The molecule has 1 aromatic carbocycles. The first-order valence-electron chi connectivity index (χ1n) is 5.65. The van der Waals surface area contributed by atoms with Gasteiger partial charge in [0.1, 0.15) is 0 Å². The van der Waals surface area contributed by atoms with Gasteiger partial charge in [0.25, 0.3) is 0 Å². The summed E-state index contributed by atoms with van der Waals surface area (Å²) in [6.45, 7) is 2.15. The standard InChI is InChI=1S/C13H18BrN/c1-9-8-11(6-7-12(9)14)13(15-2)10-4-3-5-10/h6-8,10,13,15H,3-5H2,1-2H3. The summed E-state index contributed by atoms with van der Waals surface area (Å²) in [5, 5.41) is 3.45. The van der Waals surface area contributed by atoms with Crippen molar-refractivity contribution < 1.29 is 0 Å². The predicted octanol–water partition coefficient (Wildman–Crippen LogP) is 3.82. The average Bonchev–Trinajstić information content (AvgIpc) is 2.16. The Kier molecular flexibility index (Phi) is 3.47. The summed E-state index contributed by atoms with van der Waals surface area (Å²) in [7, 11) is 2.07. The Balaban J connectivity index is 2.21. The second-order valence-electron chi connectivity index (χ2n) is 4.47. The fourth-order valence-electron chi connectivity index (χ4n) is 2.31. The van der Waals surface area contributed by atoms with Gasteiger partial charge in [0, 0.05) is 10.5 Å². The molecule has 0 spiro atoms. The summed E-state index contributed by atoms with van der Waals surface area (Å²) in [5.41, 5.74) is 2.76. The molecule has 15 heavy (non-hydrogen) atoms. The van der Waals surface area contributed by atoms with Crippen LogP contribution in [0.1, 0.15) is 36.4 Å². The predicted molar refractivity (Wildman–Crippen MR) is 68.0 cm³/mol. The van der Waals surface area contributed by atoms with Crippen LogP contribution in [0.4, 0.5) is 0 Å². The number of hydrogen-bond donors (Lipinski definition) is 1. The number of benzene rings is 1. The van der Waals surface area contributed by atoms with Gasteiger partial charge in [-0.3, -0.25) is 0 Å². The first-order chi connectivity index (χ1) is 7.22. The third kappa shape index (κ3) is 2.26. The lowest BCUT2D eigenvalue weighted by molar-refractivity contribution is 0.239. The van der Waals surface area contributed by atoms with E-state index >= 15 is 0 Å². The highest BCUT2D eigenvalue weighted by atomic mass is 79.9. The first-order valence-corrected chi connectivity index (χ1v) is 6.45. The zero-order valence-corrected chi connectivity index (χ0v) is 11.0. The van der Waals surface area contributed by atoms with Crippen molar-refractivity contribution in [2.24, 2.45) is 5.92 Å². The van der Waals surface area contributed by atoms with E-state index in [0.29, 0.717) is 6.04 Å². The van der Waals surface area contributed by atoms with Gasteiger partial charge in [-0.25, -0.2) is 0 Å². The minimum absolute atomic E-state index is 0.547. The van der Waals surface area contributed by atoms with E-state index in [-0.39, 0.29) is 0 Å². The number of halogens is 1. The summed E-state index contributed by atoms with van der Waals surface area (Å²) >= 11 is 3.55. The molecule has 82 valence electrons. The molecule has 1 aliphatic carbocycles. The van der Waals surface area contributed by atoms with E-state index in [1.54, 1.807) is 0 Å². The molecule has 1 atom stereocenters. The van der Waals surface area contributed by atoms with Crippen molar-refractivity contribution in [1.82, 2.24) is 5.32 Å². The molecule has 1 saturated carbocycles. The molecule has 0 aliphatic heterocycles. The van der Waals surface area contributed by atoms with E-state index < -0.39 is 0 Å². The number of rotatable bonds is 3. The van der Waals surface area contributed by atoms with Crippen molar-refractivity contribution in [2.75, 3.05) is 7.05 Å². The van der Waals surface area contributed by atoms with E-state index in [1.807, 2.05) is 0 Å². The molecule has 2 rings (SSSR count). The maximum absolute atomic E-state index is 3.55. The molecule has 1 fully saturated rings. The third-order valence-corrected chi connectivity index (χ3v) is 4.36. The van der Waals surface area contributed by atoms with Gasteiger partial charge < -0.3 is 5.32 Å². The van der Waals surface area contributed by atoms with Crippen molar-refractivity contribution in [3.63, 3.8) is 0 Å². The molecule has 0 heterocycles. The average molecular weight is 268 g/mol. The van der Waals surface area contributed by atoms with E-state index in [9.17, 15) is 0 Å². The molecular weight excluding hydrogens is 250 g/mol. The maximum Gasteiger partial charge on any atom is 0.0346 e. The second kappa shape index (κ2) is 4.67. The Morgan fingerprint density at radius 2 is 2.13 bits per heavy atom. The van der Waals surface area contributed by atoms with Crippen LogP contribution in [0.15, 0.2) is 22.7 Å². The van der Waals surface area contributed by atoms with Gasteiger partial charge in [-0.15, -0.1) is 0 Å². The van der Waals surface area contributed by atoms with Crippen molar-refractivity contribution in [3.8, 4) is 0 Å². The number of nitrogens with one attached hydrogen (secondary N) is 1. The van der Waals surface area contributed by atoms with E-state index in [2.05, 4.69) is 53.4 Å². The van der Waals surface area contributed by atoms with Crippen LogP contribution in [0.3, 0.4) is 0 Å². The molecule has 1 aliphatic rings. The van der Waals surface area contributed by atoms with Gasteiger partial charge >= 0.3 is 0 Å². The molecule has 0 amide bonds. The SMILES string of the molecule is CNC(c1ccc(Br)c(C)c1)C1CCC1. The smallest absolute Gasteiger partial charge is 0.0346 e. The number of aryl methyl sites for hydroxylation is 1. The van der Waals surface area contributed by atoms with Crippen LogP contribution in [0.25, 0.3) is 0 Å². The fraction of sp³-hybridized carbons (Fsp3) is 0.538. The van der Waals surface area contributed by atoms with Gasteiger partial charge in [-0.05, 0) is 49.9 Å². The normalized spacial score (nSPS) is 18.6. The van der Waals surface area contributed by atoms with Crippen molar-refractivity contribution in [3.05, 3.63) is 33.8 Å². The molecule has 0 saturated heterocycles. The second-order valence-corrected chi connectivity index (χ2v) is 5.32. The summed E-state index contributed by atoms with van der Waals surface area (Å²) in [5.74, 6) is 0.843. The van der Waals surface area contributed by atoms with E-state index in [1.165, 1.54) is 34.9 Å². The van der Waals surface area contributed by atoms with Crippen LogP contribution < -0.4 is 5.32 Å². The van der Waals surface area contributed by atoms with Crippen LogP contribution in [0.5, 0.6) is 0 Å². The molecule has 0 bridgehead atoms. The molecule has 1 N–H and O–H groups in total. The summed E-state index contributed by atoms with van der Waals surface area (Å²) in [6.07, 6.45) is 4.15. The van der Waals surface area contributed by atoms with Gasteiger partial charge in [-0.1, -0.05) is 34.5 Å². The van der Waals surface area contributed by atoms with E-state index in [4.69, 9.17) is 0 Å². The largest absolute Gasteiger partial charge is 0.313 e. The summed E-state index contributed by atoms with van der Waals surface area (Å²) < 4.78 is 1.20.